The highest BCUT2D eigenvalue weighted by molar-refractivity contribution is 5.99. The average Bonchev–Trinajstić information content (AvgIpc) is 2.27. The molecule has 17 heavy (non-hydrogen) atoms. The number of amidine groups is 1. The predicted molar refractivity (Wildman–Crippen MR) is 55.8 cm³/mol. The highest BCUT2D eigenvalue weighted by Crippen LogP contribution is 2.20. The first-order valence-corrected chi connectivity index (χ1v) is 4.70. The number of rotatable bonds is 1. The van der Waals surface area contributed by atoms with Gasteiger partial charge in [0.2, 0.25) is 0 Å². The molecule has 0 saturated carbocycles. The largest absolute Gasteiger partial charge is 0.454 e. The van der Waals surface area contributed by atoms with Gasteiger partial charge in [-0.05, 0) is 18.2 Å². The fourth-order valence-electron chi connectivity index (χ4n) is 1.29. The van der Waals surface area contributed by atoms with Crippen molar-refractivity contribution in [2.24, 2.45) is 4.99 Å². The molecule has 0 aromatic rings. The molecule has 2 rings (SSSR count). The molecule has 0 unspecified atom stereocenters. The highest BCUT2D eigenvalue weighted by Gasteiger charge is 2.36. The van der Waals surface area contributed by atoms with Crippen molar-refractivity contribution >= 4 is 11.6 Å². The van der Waals surface area contributed by atoms with E-state index in [1.54, 1.807) is 29.3 Å². The van der Waals surface area contributed by atoms with Gasteiger partial charge in [-0.1, -0.05) is 6.08 Å². The third-order valence-corrected chi connectivity index (χ3v) is 2.08. The van der Waals surface area contributed by atoms with Gasteiger partial charge in [-0.3, -0.25) is 4.79 Å². The second-order valence-corrected chi connectivity index (χ2v) is 3.32. The van der Waals surface area contributed by atoms with E-state index in [9.17, 15) is 18.0 Å². The molecule has 0 saturated heterocycles. The second-order valence-electron chi connectivity index (χ2n) is 3.32. The van der Waals surface area contributed by atoms with E-state index in [-0.39, 0.29) is 5.70 Å². The first kappa shape index (κ1) is 11.4. The van der Waals surface area contributed by atoms with Crippen molar-refractivity contribution in [1.82, 2.24) is 4.90 Å². The number of aliphatic imine (C=N–C) groups is 1. The van der Waals surface area contributed by atoms with Crippen LogP contribution >= 0.6 is 0 Å². The van der Waals surface area contributed by atoms with E-state index in [4.69, 9.17) is 0 Å². The minimum Gasteiger partial charge on any atom is -0.309 e. The Labute approximate surface area is 94.9 Å². The van der Waals surface area contributed by atoms with Gasteiger partial charge in [-0.25, -0.2) is 4.99 Å². The van der Waals surface area contributed by atoms with Crippen LogP contribution in [0.25, 0.3) is 0 Å². The minimum atomic E-state index is -4.86. The molecule has 88 valence electrons. The number of alkyl halides is 3. The topological polar surface area (TPSA) is 32.7 Å². The van der Waals surface area contributed by atoms with Crippen LogP contribution in [0.3, 0.4) is 0 Å². The Morgan fingerprint density at radius 1 is 1.24 bits per heavy atom. The summed E-state index contributed by atoms with van der Waals surface area (Å²) in [5.74, 6) is -1.44. The summed E-state index contributed by atoms with van der Waals surface area (Å²) in [6.07, 6.45) is 5.31. The molecule has 3 nitrogen and oxygen atoms in total. The van der Waals surface area contributed by atoms with Crippen LogP contribution in [0.4, 0.5) is 13.2 Å². The Bertz CT molecular complexity index is 495. The maximum atomic E-state index is 12.0. The number of hydrogen-bond acceptors (Lipinski definition) is 3. The summed E-state index contributed by atoms with van der Waals surface area (Å²) < 4.78 is 36.1. The van der Waals surface area contributed by atoms with Gasteiger partial charge in [0.15, 0.2) is 0 Å². The number of carbonyl (C=O) groups is 1. The van der Waals surface area contributed by atoms with Crippen LogP contribution in [0, 0.1) is 0 Å². The smallest absolute Gasteiger partial charge is 0.309 e. The monoisotopic (exact) mass is 240 g/mol. The van der Waals surface area contributed by atoms with Crippen LogP contribution in [-0.2, 0) is 4.79 Å². The Morgan fingerprint density at radius 2 is 2.00 bits per heavy atom. The summed E-state index contributed by atoms with van der Waals surface area (Å²) in [5, 5.41) is 0. The zero-order valence-corrected chi connectivity index (χ0v) is 8.48. The molecule has 2 heterocycles. The van der Waals surface area contributed by atoms with E-state index in [0.717, 1.165) is 0 Å². The molecule has 0 radical (unpaired) electrons. The average molecular weight is 240 g/mol. The molecule has 0 aromatic heterocycles. The van der Waals surface area contributed by atoms with Crippen molar-refractivity contribution in [3.05, 3.63) is 48.5 Å². The number of nitrogens with zero attached hydrogens (tertiary/aromatic N) is 2. The van der Waals surface area contributed by atoms with Gasteiger partial charge in [0.1, 0.15) is 5.84 Å². The molecule has 0 fully saturated rings. The molecular weight excluding hydrogens is 233 g/mol. The lowest BCUT2D eigenvalue weighted by Crippen LogP contribution is -2.23. The van der Waals surface area contributed by atoms with Crippen molar-refractivity contribution in [1.29, 1.82) is 0 Å². The van der Waals surface area contributed by atoms with Gasteiger partial charge in [0, 0.05) is 18.5 Å². The van der Waals surface area contributed by atoms with E-state index < -0.39 is 12.0 Å². The number of ketones is 1. The van der Waals surface area contributed by atoms with Crippen molar-refractivity contribution in [2.75, 3.05) is 0 Å². The van der Waals surface area contributed by atoms with E-state index in [0.29, 0.717) is 11.9 Å². The Hall–Kier alpha value is -2.11. The fourth-order valence-corrected chi connectivity index (χ4v) is 1.29. The van der Waals surface area contributed by atoms with E-state index >= 15 is 0 Å². The molecule has 0 N–H and O–H groups in total. The summed E-state index contributed by atoms with van der Waals surface area (Å²) in [5.41, 5.74) is -0.0153. The molecule has 0 aromatic carbocycles. The van der Waals surface area contributed by atoms with Crippen LogP contribution in [0.5, 0.6) is 0 Å². The van der Waals surface area contributed by atoms with E-state index in [1.807, 2.05) is 0 Å². The fraction of sp³-hybridized carbons (Fsp3) is 0.0909. The van der Waals surface area contributed by atoms with Crippen LogP contribution in [-0.4, -0.2) is 22.7 Å². The molecule has 6 heteroatoms. The van der Waals surface area contributed by atoms with Crippen molar-refractivity contribution in [3.8, 4) is 0 Å². The predicted octanol–water partition coefficient (Wildman–Crippen LogP) is 2.31. The molecule has 0 spiro atoms. The van der Waals surface area contributed by atoms with Crippen molar-refractivity contribution < 1.29 is 18.0 Å². The molecule has 2 aliphatic rings. The number of allylic oxidation sites excluding steroid dienone is 4. The maximum Gasteiger partial charge on any atom is 0.454 e. The van der Waals surface area contributed by atoms with Crippen LogP contribution in [0.1, 0.15) is 0 Å². The van der Waals surface area contributed by atoms with Gasteiger partial charge < -0.3 is 4.90 Å². The molecule has 2 aliphatic heterocycles. The molecule has 0 atom stereocenters. The lowest BCUT2D eigenvalue weighted by atomic mass is 10.2. The summed E-state index contributed by atoms with van der Waals surface area (Å²) in [6, 6.07) is 0. The van der Waals surface area contributed by atoms with Gasteiger partial charge in [0.05, 0.1) is 5.70 Å². The van der Waals surface area contributed by atoms with Crippen LogP contribution in [0.2, 0.25) is 0 Å². The Kier molecular flexibility index (Phi) is 2.71. The van der Waals surface area contributed by atoms with E-state index in [1.165, 1.54) is 12.3 Å². The molecule has 0 bridgehead atoms. The summed E-state index contributed by atoms with van der Waals surface area (Å²) in [4.78, 5) is 16.3. The highest BCUT2D eigenvalue weighted by atomic mass is 19.4. The van der Waals surface area contributed by atoms with Crippen LogP contribution in [0.15, 0.2) is 53.5 Å². The quantitative estimate of drug-likeness (QED) is 0.659. The van der Waals surface area contributed by atoms with Gasteiger partial charge in [-0.2, -0.15) is 13.2 Å². The van der Waals surface area contributed by atoms with Gasteiger partial charge in [0.25, 0.3) is 5.78 Å². The summed E-state index contributed by atoms with van der Waals surface area (Å²) in [6.45, 7) is 0. The molecule has 0 aliphatic carbocycles. The van der Waals surface area contributed by atoms with Crippen molar-refractivity contribution in [2.45, 2.75) is 6.18 Å². The number of halogens is 3. The van der Waals surface area contributed by atoms with Gasteiger partial charge >= 0.3 is 6.18 Å². The first-order valence-electron chi connectivity index (χ1n) is 4.70. The van der Waals surface area contributed by atoms with Gasteiger partial charge in [-0.15, -0.1) is 0 Å². The maximum absolute atomic E-state index is 12.0. The lowest BCUT2D eigenvalue weighted by Gasteiger charge is -2.21. The Morgan fingerprint density at radius 3 is 2.71 bits per heavy atom. The van der Waals surface area contributed by atoms with Crippen molar-refractivity contribution in [3.63, 3.8) is 0 Å². The zero-order chi connectivity index (χ0) is 12.5. The standard InChI is InChI=1S/C11H7F3N2O/c12-11(13,14)9(17)7-8-4-6-16-5-2-1-3-10(16)15-8/h1-7H/b8-7+. The lowest BCUT2D eigenvalue weighted by molar-refractivity contribution is -0.165. The van der Waals surface area contributed by atoms with Crippen LogP contribution < -0.4 is 0 Å². The first-order chi connectivity index (χ1) is 7.97. The number of fused-ring (bicyclic) bond motifs is 1. The zero-order valence-electron chi connectivity index (χ0n) is 8.48. The third-order valence-electron chi connectivity index (χ3n) is 2.08. The molecular formula is C11H7F3N2O. The SMILES string of the molecule is O=C(/C=C1\C=CN2C=CC=CC2=N1)C(F)(F)F. The number of carbonyl (C=O) groups excluding carboxylic acids is 1. The Balaban J connectivity index is 2.23. The van der Waals surface area contributed by atoms with E-state index in [2.05, 4.69) is 4.99 Å². The minimum absolute atomic E-state index is 0.0153. The second kappa shape index (κ2) is 4.04. The number of hydrogen-bond donors (Lipinski definition) is 0. The summed E-state index contributed by atoms with van der Waals surface area (Å²) >= 11 is 0. The third kappa shape index (κ3) is 2.52. The normalized spacial score (nSPS) is 20.5. The summed E-state index contributed by atoms with van der Waals surface area (Å²) in [7, 11) is 0. The molecule has 0 amide bonds.